The van der Waals surface area contributed by atoms with Crippen LogP contribution >= 0.6 is 0 Å². The molecule has 0 aromatic heterocycles. The van der Waals surface area contributed by atoms with E-state index < -0.39 is 0 Å². The molecule has 0 amide bonds. The van der Waals surface area contributed by atoms with Gasteiger partial charge in [0.15, 0.2) is 0 Å². The summed E-state index contributed by atoms with van der Waals surface area (Å²) in [6.45, 7) is 48.2. The zero-order valence-corrected chi connectivity index (χ0v) is 42.4. The van der Waals surface area contributed by atoms with Crippen LogP contribution in [-0.4, -0.2) is 10.2 Å². The molecule has 0 saturated carbocycles. The van der Waals surface area contributed by atoms with Gasteiger partial charge in [-0.2, -0.15) is 0 Å². The number of hydrogen-bond acceptors (Lipinski definition) is 2. The third kappa shape index (κ3) is 10.4. The van der Waals surface area contributed by atoms with E-state index in [-0.39, 0.29) is 10.8 Å². The first-order valence-electron chi connectivity index (χ1n) is 22.7. The van der Waals surface area contributed by atoms with Gasteiger partial charge in [-0.3, -0.25) is 0 Å². The highest BCUT2D eigenvalue weighted by Crippen LogP contribution is 2.43. The number of aromatic hydroxyl groups is 1. The maximum atomic E-state index is 9.69. The van der Waals surface area contributed by atoms with Crippen LogP contribution in [0.25, 0.3) is 16.3 Å². The summed E-state index contributed by atoms with van der Waals surface area (Å²) in [5.41, 5.74) is 23.9. The van der Waals surface area contributed by atoms with Crippen LogP contribution in [-0.2, 0) is 17.3 Å². The molecule has 0 saturated heterocycles. The molecular weight excluding hydrogens is 777 g/mol. The second-order valence-electron chi connectivity index (χ2n) is 19.3. The van der Waals surface area contributed by atoms with E-state index in [0.29, 0.717) is 11.5 Å². The SMILES string of the molecule is C=C1/C=C(C)\C(c2cc(C)cc(C(C)(C)c3ccccc3C)c2C)=C/Cc2cccc3cccc(c23)C1(C)C.C=CC(=C(\C)C(=C)C)/C(C)=C(\C)O.Cc1c(C)c(C)c(O)c(C)c1C. The average Bonchev–Trinajstić information content (AvgIpc) is 3.25. The van der Waals surface area contributed by atoms with Gasteiger partial charge in [-0.05, 0) is 207 Å². The summed E-state index contributed by atoms with van der Waals surface area (Å²) in [4.78, 5) is 0. The minimum atomic E-state index is -0.182. The molecule has 0 fully saturated rings. The molecule has 0 radical (unpaired) electrons. The topological polar surface area (TPSA) is 40.5 Å². The summed E-state index contributed by atoms with van der Waals surface area (Å²) in [5.74, 6) is 0.783. The minimum Gasteiger partial charge on any atom is -0.512 e. The lowest BCUT2D eigenvalue weighted by Gasteiger charge is -2.32. The molecule has 0 spiro atoms. The summed E-state index contributed by atoms with van der Waals surface area (Å²) in [5, 5.41) is 21.7. The van der Waals surface area contributed by atoms with E-state index >= 15 is 0 Å². The molecule has 336 valence electrons. The number of phenols is 1. The Kier molecular flexibility index (Phi) is 16.1. The monoisotopic (exact) mass is 853 g/mol. The minimum absolute atomic E-state index is 0.111. The Balaban J connectivity index is 0.000000293. The van der Waals surface area contributed by atoms with E-state index in [1.807, 2.05) is 34.6 Å². The number of aliphatic hydroxyl groups is 1. The summed E-state index contributed by atoms with van der Waals surface area (Å²) in [6.07, 6.45) is 7.42. The molecule has 0 heterocycles. The lowest BCUT2D eigenvalue weighted by molar-refractivity contribution is 0.408. The molecule has 0 aliphatic heterocycles. The fourth-order valence-corrected chi connectivity index (χ4v) is 9.20. The second-order valence-corrected chi connectivity index (χ2v) is 19.3. The van der Waals surface area contributed by atoms with Crippen LogP contribution in [0.4, 0.5) is 0 Å². The van der Waals surface area contributed by atoms with E-state index in [9.17, 15) is 10.2 Å². The first-order valence-corrected chi connectivity index (χ1v) is 22.7. The normalized spacial score (nSPS) is 16.0. The number of aryl methyl sites for hydroxylation is 2. The van der Waals surface area contributed by atoms with Gasteiger partial charge in [-0.15, -0.1) is 0 Å². The van der Waals surface area contributed by atoms with E-state index in [2.05, 4.69) is 181 Å². The van der Waals surface area contributed by atoms with Crippen molar-refractivity contribution in [1.82, 2.24) is 0 Å². The molecule has 1 aliphatic rings. The highest BCUT2D eigenvalue weighted by atomic mass is 16.3. The third-order valence-electron chi connectivity index (χ3n) is 14.3. The lowest BCUT2D eigenvalue weighted by atomic mass is 9.72. The van der Waals surface area contributed by atoms with Gasteiger partial charge in [0.05, 0.1) is 5.76 Å². The van der Waals surface area contributed by atoms with Gasteiger partial charge in [0.25, 0.3) is 0 Å². The number of aliphatic hydroxyl groups excluding tert-OH is 1. The van der Waals surface area contributed by atoms with Gasteiger partial charge in [-0.25, -0.2) is 0 Å². The summed E-state index contributed by atoms with van der Waals surface area (Å²) >= 11 is 0. The quantitative estimate of drug-likeness (QED) is 0.132. The fraction of sp³-hybridized carbons (Fsp3) is 0.323. The fourth-order valence-electron chi connectivity index (χ4n) is 9.20. The van der Waals surface area contributed by atoms with Gasteiger partial charge in [0, 0.05) is 10.8 Å². The second kappa shape index (κ2) is 20.3. The van der Waals surface area contributed by atoms with Crippen molar-refractivity contribution in [2.75, 3.05) is 0 Å². The molecule has 0 unspecified atom stereocenters. The highest BCUT2D eigenvalue weighted by molar-refractivity contribution is 5.92. The van der Waals surface area contributed by atoms with Crippen LogP contribution < -0.4 is 0 Å². The van der Waals surface area contributed by atoms with Crippen molar-refractivity contribution in [3.05, 3.63) is 222 Å². The molecule has 5 aromatic carbocycles. The Labute approximate surface area is 387 Å². The first kappa shape index (κ1) is 50.8. The smallest absolute Gasteiger partial charge is 0.121 e. The third-order valence-corrected chi connectivity index (χ3v) is 14.3. The van der Waals surface area contributed by atoms with Crippen molar-refractivity contribution < 1.29 is 10.2 Å². The van der Waals surface area contributed by atoms with Gasteiger partial charge in [-0.1, -0.05) is 150 Å². The molecule has 2 N–H and O–H groups in total. The highest BCUT2D eigenvalue weighted by Gasteiger charge is 2.30. The average molecular weight is 853 g/mol. The molecule has 0 bridgehead atoms. The van der Waals surface area contributed by atoms with E-state index in [0.717, 1.165) is 45.4 Å². The predicted molar refractivity (Wildman–Crippen MR) is 281 cm³/mol. The molecular formula is C62H76O2. The van der Waals surface area contributed by atoms with Gasteiger partial charge in [0.2, 0.25) is 0 Å². The molecule has 64 heavy (non-hydrogen) atoms. The molecule has 6 rings (SSSR count). The predicted octanol–water partition coefficient (Wildman–Crippen LogP) is 17.4. The molecule has 2 nitrogen and oxygen atoms in total. The lowest BCUT2D eigenvalue weighted by Crippen LogP contribution is -2.22. The van der Waals surface area contributed by atoms with Crippen molar-refractivity contribution in [2.24, 2.45) is 0 Å². The zero-order chi connectivity index (χ0) is 48.2. The van der Waals surface area contributed by atoms with Crippen molar-refractivity contribution in [1.29, 1.82) is 0 Å². The number of phenolic OH excluding ortho intramolecular Hbond substituents is 1. The van der Waals surface area contributed by atoms with Crippen LogP contribution in [0.1, 0.15) is 135 Å². The van der Waals surface area contributed by atoms with E-state index in [1.165, 1.54) is 83.1 Å². The van der Waals surface area contributed by atoms with Crippen LogP contribution in [0.3, 0.4) is 0 Å². The van der Waals surface area contributed by atoms with Crippen molar-refractivity contribution in [2.45, 2.75) is 135 Å². The molecule has 0 atom stereocenters. The number of rotatable bonds is 6. The number of hydrogen-bond donors (Lipinski definition) is 2. The first-order chi connectivity index (χ1) is 29.8. The number of benzene rings is 5. The van der Waals surface area contributed by atoms with Crippen LogP contribution in [0.15, 0.2) is 150 Å². The number of allylic oxidation sites excluding steroid dienone is 11. The van der Waals surface area contributed by atoms with Crippen LogP contribution in [0.2, 0.25) is 0 Å². The van der Waals surface area contributed by atoms with Crippen LogP contribution in [0.5, 0.6) is 5.75 Å². The molecule has 5 aromatic rings. The van der Waals surface area contributed by atoms with Gasteiger partial charge >= 0.3 is 0 Å². The largest absolute Gasteiger partial charge is 0.512 e. The van der Waals surface area contributed by atoms with E-state index in [1.54, 1.807) is 13.0 Å². The van der Waals surface area contributed by atoms with E-state index in [4.69, 9.17) is 0 Å². The van der Waals surface area contributed by atoms with Crippen molar-refractivity contribution in [3.8, 4) is 5.75 Å². The molecule has 1 aliphatic carbocycles. The Hall–Kier alpha value is -5.86. The van der Waals surface area contributed by atoms with Gasteiger partial charge < -0.3 is 10.2 Å². The Bertz CT molecular complexity index is 2650. The Morgan fingerprint density at radius 3 is 1.81 bits per heavy atom. The summed E-state index contributed by atoms with van der Waals surface area (Å²) in [7, 11) is 0. The zero-order valence-electron chi connectivity index (χ0n) is 42.4. The Morgan fingerprint density at radius 1 is 0.703 bits per heavy atom. The van der Waals surface area contributed by atoms with Crippen LogP contribution in [0, 0.1) is 55.4 Å². The van der Waals surface area contributed by atoms with Crippen molar-refractivity contribution >= 4 is 16.3 Å². The van der Waals surface area contributed by atoms with Crippen molar-refractivity contribution in [3.63, 3.8) is 0 Å². The standard InChI is InChI=1S/C39H42.C12H18O.C11H16O/c1-25-22-33(29(5)36(23-25)39(8,9)34-18-11-10-14-26(34)2)32-21-20-31-16-12-15-30-17-13-19-35(37(30)31)38(6,7)28(4)24-27(32)3;1-7-12(9(4)8(2)3)10(5)11(6)13;1-6-7(2)9(4)11(12)10(5)8(6)3/h10-19,21-24H,4,20H2,1-3,5-9H3;7,13H,1-2H2,3-6H3;12H,1-5H3/b27-24-,32-21+;11-10+,12-9-;. The summed E-state index contributed by atoms with van der Waals surface area (Å²) < 4.78 is 0. The summed E-state index contributed by atoms with van der Waals surface area (Å²) in [6, 6.07) is 27.0. The molecule has 2 heteroatoms. The maximum absolute atomic E-state index is 9.69. The maximum Gasteiger partial charge on any atom is 0.121 e. The van der Waals surface area contributed by atoms with Gasteiger partial charge in [0.1, 0.15) is 5.75 Å². The Morgan fingerprint density at radius 2 is 1.27 bits per heavy atom.